The van der Waals surface area contributed by atoms with Crippen LogP contribution in [0.4, 0.5) is 0 Å². The van der Waals surface area contributed by atoms with E-state index in [0.29, 0.717) is 12.0 Å². The molecule has 8 atom stereocenters. The zero-order valence-corrected chi connectivity index (χ0v) is 36.0. The van der Waals surface area contributed by atoms with E-state index in [2.05, 4.69) is 54.4 Å². The summed E-state index contributed by atoms with van der Waals surface area (Å²) in [5.41, 5.74) is 16.8. The molecular weight excluding hydrogens is 825 g/mol. The van der Waals surface area contributed by atoms with Crippen molar-refractivity contribution in [2.45, 2.75) is 115 Å². The third-order valence-electron chi connectivity index (χ3n) is 9.95. The zero-order valence-electron chi connectivity index (χ0n) is 36.0. The monoisotopic (exact) mass is 886 g/mol. The predicted molar refractivity (Wildman–Crippen MR) is 227 cm³/mol. The van der Waals surface area contributed by atoms with Crippen LogP contribution in [-0.2, 0) is 54.4 Å². The highest BCUT2D eigenvalue weighted by Crippen LogP contribution is 2.17. The fourth-order valence-electron chi connectivity index (χ4n) is 6.17. The number of hydrogen-bond donors (Lipinski definition) is 13. The molecule has 0 unspecified atom stereocenters. The molecule has 1 aromatic carbocycles. The Morgan fingerprint density at radius 3 is 2.03 bits per heavy atom. The number of amides is 10. The number of phenolic OH excluding ortho intramolecular Hbond substituents is 1. The second-order valence-electron chi connectivity index (χ2n) is 15.4. The quantitative estimate of drug-likeness (QED) is 0.0703. The Bertz CT molecular complexity index is 1840. The maximum absolute atomic E-state index is 14.0. The Morgan fingerprint density at radius 2 is 1.43 bits per heavy atom. The van der Waals surface area contributed by atoms with Gasteiger partial charge in [0.05, 0.1) is 25.6 Å². The molecule has 1 aromatic rings. The SMILES string of the molecule is C=C1N[C@@H]([C@@H](C)CC)C(=O)N[C@@H](CCC(N)=O)C(=O)N[C@@H](CC(N)=O)C(=O)N[C@H](C(=O)N[C@@H](C)C(=O)N[C@@H](C)CNCC(N)=O)CCC(=O)NCC(=O)N[C@H]1Cc1ccc(O)cc1. The number of carbonyl (C=O) groups excluding carboxylic acids is 10. The van der Waals surface area contributed by atoms with Gasteiger partial charge in [0.2, 0.25) is 59.1 Å². The van der Waals surface area contributed by atoms with Crippen LogP contribution in [0.2, 0.25) is 0 Å². The van der Waals surface area contributed by atoms with Gasteiger partial charge in [0, 0.05) is 31.1 Å². The molecule has 1 aliphatic heterocycles. The van der Waals surface area contributed by atoms with Gasteiger partial charge >= 0.3 is 0 Å². The van der Waals surface area contributed by atoms with Gasteiger partial charge in [-0.25, -0.2) is 0 Å². The molecule has 23 heteroatoms. The largest absolute Gasteiger partial charge is 0.508 e. The number of nitrogens with two attached hydrogens (primary N) is 3. The number of hydrogen-bond acceptors (Lipinski definition) is 13. The fraction of sp³-hybridized carbons (Fsp3) is 0.550. The summed E-state index contributed by atoms with van der Waals surface area (Å²) in [5, 5.41) is 33.3. The Labute approximate surface area is 365 Å². The van der Waals surface area contributed by atoms with Crippen molar-refractivity contribution in [1.82, 2.24) is 47.9 Å². The van der Waals surface area contributed by atoms with Crippen LogP contribution in [0.25, 0.3) is 0 Å². The molecule has 0 spiro atoms. The molecule has 23 nitrogen and oxygen atoms in total. The number of rotatable bonds is 17. The molecule has 0 bridgehead atoms. The number of primary amides is 3. The lowest BCUT2D eigenvalue weighted by Gasteiger charge is -2.31. The minimum Gasteiger partial charge on any atom is -0.508 e. The van der Waals surface area contributed by atoms with Crippen LogP contribution < -0.4 is 65.1 Å². The van der Waals surface area contributed by atoms with Crippen molar-refractivity contribution in [1.29, 1.82) is 0 Å². The number of phenols is 1. The highest BCUT2D eigenvalue weighted by Gasteiger charge is 2.35. The minimum atomic E-state index is -1.75. The van der Waals surface area contributed by atoms with E-state index in [9.17, 15) is 53.1 Å². The van der Waals surface area contributed by atoms with Crippen LogP contribution in [0.3, 0.4) is 0 Å². The van der Waals surface area contributed by atoms with Gasteiger partial charge < -0.3 is 70.2 Å². The topological polar surface area (TPSA) is 377 Å². The van der Waals surface area contributed by atoms with E-state index in [1.165, 1.54) is 19.1 Å². The third kappa shape index (κ3) is 19.2. The number of nitrogens with one attached hydrogen (secondary N) is 9. The van der Waals surface area contributed by atoms with E-state index in [-0.39, 0.29) is 37.4 Å². The Hall–Kier alpha value is -6.78. The highest BCUT2D eigenvalue weighted by molar-refractivity contribution is 5.98. The van der Waals surface area contributed by atoms with Crippen LogP contribution in [0, 0.1) is 5.92 Å². The van der Waals surface area contributed by atoms with Gasteiger partial charge in [0.1, 0.15) is 36.0 Å². The van der Waals surface area contributed by atoms with Crippen molar-refractivity contribution in [3.8, 4) is 5.75 Å². The molecular formula is C40H62N12O11. The molecule has 1 heterocycles. The van der Waals surface area contributed by atoms with Gasteiger partial charge in [-0.2, -0.15) is 0 Å². The van der Waals surface area contributed by atoms with E-state index in [0.717, 1.165) is 0 Å². The van der Waals surface area contributed by atoms with Crippen molar-refractivity contribution in [3.05, 3.63) is 42.1 Å². The maximum atomic E-state index is 14.0. The van der Waals surface area contributed by atoms with Crippen molar-refractivity contribution in [2.75, 3.05) is 19.6 Å². The average molecular weight is 887 g/mol. The summed E-state index contributed by atoms with van der Waals surface area (Å²) in [4.78, 5) is 130. The van der Waals surface area contributed by atoms with Gasteiger partial charge in [-0.05, 0) is 56.7 Å². The first-order chi connectivity index (χ1) is 29.6. The van der Waals surface area contributed by atoms with Gasteiger partial charge in [-0.15, -0.1) is 0 Å². The second kappa shape index (κ2) is 25.9. The first kappa shape index (κ1) is 52.4. The second-order valence-corrected chi connectivity index (χ2v) is 15.4. The van der Waals surface area contributed by atoms with Crippen LogP contribution >= 0.6 is 0 Å². The summed E-state index contributed by atoms with van der Waals surface area (Å²) in [5.74, 6) is -8.79. The number of aromatic hydroxyl groups is 1. The number of carbonyl (C=O) groups is 10. The van der Waals surface area contributed by atoms with Crippen molar-refractivity contribution in [2.24, 2.45) is 23.1 Å². The fourth-order valence-corrected chi connectivity index (χ4v) is 6.17. The Morgan fingerprint density at radius 1 is 0.794 bits per heavy atom. The zero-order chi connectivity index (χ0) is 47.4. The van der Waals surface area contributed by atoms with Crippen LogP contribution in [0.15, 0.2) is 36.5 Å². The molecule has 16 N–H and O–H groups in total. The molecule has 1 fully saturated rings. The molecule has 63 heavy (non-hydrogen) atoms. The lowest BCUT2D eigenvalue weighted by molar-refractivity contribution is -0.136. The van der Waals surface area contributed by atoms with Gasteiger partial charge in [0.25, 0.3) is 0 Å². The van der Waals surface area contributed by atoms with Gasteiger partial charge in [0.15, 0.2) is 0 Å². The Kier molecular flexibility index (Phi) is 21.5. The summed E-state index contributed by atoms with van der Waals surface area (Å²) < 4.78 is 0. The smallest absolute Gasteiger partial charge is 0.243 e. The van der Waals surface area contributed by atoms with E-state index in [1.807, 2.05) is 0 Å². The summed E-state index contributed by atoms with van der Waals surface area (Å²) in [6, 6.07) is -2.43. The van der Waals surface area contributed by atoms with E-state index in [4.69, 9.17) is 17.2 Å². The first-order valence-corrected chi connectivity index (χ1v) is 20.5. The normalized spacial score (nSPS) is 22.2. The molecule has 348 valence electrons. The van der Waals surface area contributed by atoms with Crippen molar-refractivity contribution < 1.29 is 53.1 Å². The predicted octanol–water partition coefficient (Wildman–Crippen LogP) is -4.47. The molecule has 10 amide bonds. The minimum absolute atomic E-state index is 0.0000738. The molecule has 0 aromatic heterocycles. The van der Waals surface area contributed by atoms with Crippen LogP contribution in [0.1, 0.15) is 71.8 Å². The molecule has 1 aliphatic rings. The molecule has 2 rings (SSSR count). The maximum Gasteiger partial charge on any atom is 0.243 e. The van der Waals surface area contributed by atoms with Crippen molar-refractivity contribution in [3.63, 3.8) is 0 Å². The van der Waals surface area contributed by atoms with Crippen LogP contribution in [-0.4, -0.2) is 126 Å². The average Bonchev–Trinajstić information content (AvgIpc) is 3.20. The third-order valence-corrected chi connectivity index (χ3v) is 9.95. The molecule has 1 saturated heterocycles. The summed E-state index contributed by atoms with van der Waals surface area (Å²) in [6.07, 6.45) is -1.84. The highest BCUT2D eigenvalue weighted by atomic mass is 16.3. The summed E-state index contributed by atoms with van der Waals surface area (Å²) in [6.45, 7) is 10.1. The lowest BCUT2D eigenvalue weighted by atomic mass is 9.95. The summed E-state index contributed by atoms with van der Waals surface area (Å²) >= 11 is 0. The van der Waals surface area contributed by atoms with Gasteiger partial charge in [-0.1, -0.05) is 39.0 Å². The Balaban J connectivity index is 2.55. The molecule has 0 aliphatic carbocycles. The molecule has 0 radical (unpaired) electrons. The lowest BCUT2D eigenvalue weighted by Crippen LogP contribution is -2.60. The van der Waals surface area contributed by atoms with E-state index in [1.54, 1.807) is 32.9 Å². The van der Waals surface area contributed by atoms with E-state index >= 15 is 0 Å². The van der Waals surface area contributed by atoms with Crippen LogP contribution in [0.5, 0.6) is 5.75 Å². The standard InChI is InChI=1S/C40H62N12O11/c1-6-20(2)35-40(63)51-26(11-13-30(41)54)38(61)52-29(16-31(42)55)39(62)50-27(37(60)48-23(5)36(59)46-21(3)17-44-18-32(43)56)12-14-33(57)45-19-34(58)49-28(22(4)47-35)15-24-7-9-25(53)10-8-24/h7-10,20-21,23,26-29,35,44,47,53H,4,6,11-19H2,1-3,5H3,(H2,41,54)(H2,42,55)(H2,43,56)(H,45,57)(H,46,59)(H,48,60)(H,49,58)(H,50,62)(H,51,63)(H,52,61)/t20-,21-,23-,26-,27-,28-,29-,35-/m0/s1. The number of benzene rings is 1. The summed E-state index contributed by atoms with van der Waals surface area (Å²) in [7, 11) is 0. The van der Waals surface area contributed by atoms with Gasteiger partial charge in [-0.3, -0.25) is 47.9 Å². The first-order valence-electron chi connectivity index (χ1n) is 20.5. The van der Waals surface area contributed by atoms with Crippen molar-refractivity contribution >= 4 is 59.1 Å². The van der Waals surface area contributed by atoms with E-state index < -0.39 is 140 Å². The molecule has 0 saturated carbocycles.